The van der Waals surface area contributed by atoms with Crippen molar-refractivity contribution in [2.24, 2.45) is 0 Å². The molecule has 8 heteroatoms. The molecule has 7 nitrogen and oxygen atoms in total. The Morgan fingerprint density at radius 1 is 1.61 bits per heavy atom. The van der Waals surface area contributed by atoms with Gasteiger partial charge in [-0.3, -0.25) is 0 Å². The minimum atomic E-state index is -0.467. The second-order valence-corrected chi connectivity index (χ2v) is 4.20. The van der Waals surface area contributed by atoms with Gasteiger partial charge >= 0.3 is 11.9 Å². The van der Waals surface area contributed by atoms with Crippen LogP contribution in [0.2, 0.25) is 0 Å². The van der Waals surface area contributed by atoms with Crippen molar-refractivity contribution in [1.29, 1.82) is 0 Å². The molecule has 0 aliphatic heterocycles. The lowest BCUT2D eigenvalue weighted by molar-refractivity contribution is -0.642. The summed E-state index contributed by atoms with van der Waals surface area (Å²) in [6.45, 7) is 1.65. The molecule has 0 aliphatic rings. The number of hydrogen-bond donors (Lipinski definition) is 1. The zero-order valence-electron chi connectivity index (χ0n) is 9.38. The molecule has 18 heavy (non-hydrogen) atoms. The van der Waals surface area contributed by atoms with Crippen LogP contribution in [0.3, 0.4) is 0 Å². The van der Waals surface area contributed by atoms with Gasteiger partial charge in [0.25, 0.3) is 5.52 Å². The Bertz CT molecular complexity index is 605. The molecule has 94 valence electrons. The van der Waals surface area contributed by atoms with Crippen molar-refractivity contribution in [3.8, 4) is 0 Å². The number of para-hydroxylation sites is 1. The van der Waals surface area contributed by atoms with Gasteiger partial charge in [0.05, 0.1) is 9.57 Å². The molecule has 0 bridgehead atoms. The van der Waals surface area contributed by atoms with Crippen LogP contribution in [0.5, 0.6) is 0 Å². The first-order chi connectivity index (χ1) is 8.61. The van der Waals surface area contributed by atoms with Crippen LogP contribution in [0.4, 0.5) is 5.95 Å². The molecule has 2 rings (SSSR count). The Morgan fingerprint density at radius 3 is 3.11 bits per heavy atom. The topological polar surface area (TPSA) is 91.0 Å². The fraction of sp³-hybridized carbons (Fsp3) is 0.200. The molecule has 2 aromatic rings. The Hall–Kier alpha value is -1.96. The normalized spacial score (nSPS) is 10.3. The summed E-state index contributed by atoms with van der Waals surface area (Å²) < 4.78 is 0.590. The summed E-state index contributed by atoms with van der Waals surface area (Å²) in [5.41, 5.74) is 2.98. The van der Waals surface area contributed by atoms with E-state index in [1.807, 2.05) is 0 Å². The van der Waals surface area contributed by atoms with Crippen LogP contribution in [0.25, 0.3) is 11.0 Å². The quantitative estimate of drug-likeness (QED) is 0.522. The van der Waals surface area contributed by atoms with Gasteiger partial charge in [-0.2, -0.15) is 10.5 Å². The van der Waals surface area contributed by atoms with Gasteiger partial charge < -0.3 is 10.0 Å². The van der Waals surface area contributed by atoms with Crippen LogP contribution >= 0.6 is 15.9 Å². The van der Waals surface area contributed by atoms with Gasteiger partial charge in [-0.1, -0.05) is 13.0 Å². The van der Waals surface area contributed by atoms with Crippen molar-refractivity contribution in [2.75, 3.05) is 5.48 Å². The van der Waals surface area contributed by atoms with Crippen LogP contribution in [0.1, 0.15) is 13.3 Å². The van der Waals surface area contributed by atoms with E-state index in [1.54, 1.807) is 25.1 Å². The number of aromatic nitrogens is 3. The van der Waals surface area contributed by atoms with E-state index in [-0.39, 0.29) is 12.4 Å². The highest BCUT2D eigenvalue weighted by Gasteiger charge is 2.14. The Balaban J connectivity index is 2.35. The third-order valence-corrected chi connectivity index (χ3v) is 2.75. The first kappa shape index (κ1) is 12.5. The van der Waals surface area contributed by atoms with E-state index in [2.05, 4.69) is 36.3 Å². The van der Waals surface area contributed by atoms with E-state index in [4.69, 9.17) is 0 Å². The molecule has 0 amide bonds. The van der Waals surface area contributed by atoms with Crippen molar-refractivity contribution in [2.45, 2.75) is 13.3 Å². The second-order valence-electron chi connectivity index (χ2n) is 3.35. The standard InChI is InChI=1S/C10H9BrN4O3/c1-2-8(16)18-14-10-12-7-5-3-4-6(11)9(7)15(17)13-10/h3-5H,2H2,1H3,(H,12,13,14). The van der Waals surface area contributed by atoms with Gasteiger partial charge in [0.1, 0.15) is 5.52 Å². The highest BCUT2D eigenvalue weighted by atomic mass is 79.9. The summed E-state index contributed by atoms with van der Waals surface area (Å²) in [5.74, 6) is -0.539. The fourth-order valence-corrected chi connectivity index (χ4v) is 1.78. The fourth-order valence-electron chi connectivity index (χ4n) is 1.27. The molecule has 0 unspecified atom stereocenters. The van der Waals surface area contributed by atoms with Gasteiger partial charge in [-0.25, -0.2) is 4.79 Å². The minimum absolute atomic E-state index is 0.0719. The van der Waals surface area contributed by atoms with Crippen molar-refractivity contribution >= 4 is 38.9 Å². The zero-order valence-corrected chi connectivity index (χ0v) is 11.0. The third-order valence-electron chi connectivity index (χ3n) is 2.11. The summed E-state index contributed by atoms with van der Waals surface area (Å²) >= 11 is 3.24. The highest BCUT2D eigenvalue weighted by Crippen LogP contribution is 2.18. The average molecular weight is 313 g/mol. The van der Waals surface area contributed by atoms with E-state index >= 15 is 0 Å². The molecule has 0 aliphatic carbocycles. The number of fused-ring (bicyclic) bond motifs is 1. The maximum absolute atomic E-state index is 11.7. The van der Waals surface area contributed by atoms with Crippen LogP contribution < -0.4 is 10.3 Å². The molecular formula is C10H9BrN4O3. The van der Waals surface area contributed by atoms with Gasteiger partial charge in [0, 0.05) is 6.42 Å². The number of nitrogens with one attached hydrogen (secondary N) is 1. The number of carbonyl (C=O) groups is 1. The number of rotatable bonds is 3. The van der Waals surface area contributed by atoms with E-state index in [0.29, 0.717) is 20.4 Å². The van der Waals surface area contributed by atoms with Crippen molar-refractivity contribution in [1.82, 2.24) is 10.1 Å². The Morgan fingerprint density at radius 2 is 2.39 bits per heavy atom. The summed E-state index contributed by atoms with van der Waals surface area (Å²) in [4.78, 5) is 20.1. The average Bonchev–Trinajstić information content (AvgIpc) is 2.35. The molecule has 0 fully saturated rings. The van der Waals surface area contributed by atoms with E-state index in [1.165, 1.54) is 0 Å². The molecule has 0 saturated carbocycles. The molecule has 1 aromatic heterocycles. The number of benzene rings is 1. The van der Waals surface area contributed by atoms with Gasteiger partial charge in [-0.15, -0.1) is 0 Å². The summed E-state index contributed by atoms with van der Waals surface area (Å²) in [7, 11) is 0. The van der Waals surface area contributed by atoms with Crippen LogP contribution in [-0.4, -0.2) is 16.1 Å². The largest absolute Gasteiger partial charge is 0.594 e. The second kappa shape index (κ2) is 5.13. The maximum Gasteiger partial charge on any atom is 0.331 e. The van der Waals surface area contributed by atoms with Crippen LogP contribution in [0, 0.1) is 5.21 Å². The first-order valence-corrected chi connectivity index (χ1v) is 5.93. The lowest BCUT2D eigenvalue weighted by Gasteiger charge is -2.05. The molecule has 0 spiro atoms. The van der Waals surface area contributed by atoms with Gasteiger partial charge in [0.15, 0.2) is 0 Å². The number of carbonyl (C=O) groups excluding carboxylic acids is 1. The van der Waals surface area contributed by atoms with Crippen molar-refractivity contribution < 1.29 is 14.5 Å². The van der Waals surface area contributed by atoms with E-state index in [0.717, 1.165) is 0 Å². The predicted molar refractivity (Wildman–Crippen MR) is 66.2 cm³/mol. The molecular weight excluding hydrogens is 304 g/mol. The van der Waals surface area contributed by atoms with Crippen molar-refractivity contribution in [3.63, 3.8) is 0 Å². The summed E-state index contributed by atoms with van der Waals surface area (Å²) in [5, 5.41) is 15.3. The molecule has 1 heterocycles. The lowest BCUT2D eigenvalue weighted by Crippen LogP contribution is -2.34. The molecule has 0 atom stereocenters. The van der Waals surface area contributed by atoms with E-state index in [9.17, 15) is 10.0 Å². The highest BCUT2D eigenvalue weighted by molar-refractivity contribution is 9.10. The molecule has 0 saturated heterocycles. The number of anilines is 1. The number of hydrogen-bond acceptors (Lipinski definition) is 6. The van der Waals surface area contributed by atoms with E-state index < -0.39 is 5.97 Å². The van der Waals surface area contributed by atoms with Gasteiger partial charge in [0.2, 0.25) is 0 Å². The minimum Gasteiger partial charge on any atom is -0.594 e. The predicted octanol–water partition coefficient (Wildman–Crippen LogP) is 1.31. The molecule has 0 radical (unpaired) electrons. The maximum atomic E-state index is 11.7. The van der Waals surface area contributed by atoms with Gasteiger partial charge in [-0.05, 0) is 32.9 Å². The smallest absolute Gasteiger partial charge is 0.331 e. The first-order valence-electron chi connectivity index (χ1n) is 5.13. The monoisotopic (exact) mass is 312 g/mol. The Kier molecular flexibility index (Phi) is 3.56. The lowest BCUT2D eigenvalue weighted by atomic mass is 10.3. The Labute approximate surface area is 110 Å². The van der Waals surface area contributed by atoms with Crippen LogP contribution in [0.15, 0.2) is 22.7 Å². The molecule has 1 N–H and O–H groups in total. The third kappa shape index (κ3) is 2.48. The van der Waals surface area contributed by atoms with Crippen molar-refractivity contribution in [3.05, 3.63) is 27.9 Å². The number of halogens is 1. The summed E-state index contributed by atoms with van der Waals surface area (Å²) in [6, 6.07) is 5.11. The number of nitrogens with zero attached hydrogens (tertiary/aromatic N) is 3. The SMILES string of the molecule is CCC(=O)ONc1nc2cccc(Br)c2[n+]([O-])n1. The molecule has 1 aromatic carbocycles. The summed E-state index contributed by atoms with van der Waals surface area (Å²) in [6.07, 6.45) is 0.212. The zero-order chi connectivity index (χ0) is 13.1. The van der Waals surface area contributed by atoms with Crippen LogP contribution in [-0.2, 0) is 9.63 Å².